The minimum Gasteiger partial charge on any atom is -0.255 e. The molecule has 0 saturated carbocycles. The number of aryl methyl sites for hydroxylation is 1. The van der Waals surface area contributed by atoms with Crippen molar-refractivity contribution in [2.75, 3.05) is 0 Å². The molecule has 2 rings (SSSR count). The molecule has 0 aliphatic heterocycles. The standard InChI is InChI=1S/C13H10N2S/c1-10-2-7-13(16-10)9-15-12-5-3-11(8-14)4-6-12/h2-7,9H,1H3. The van der Waals surface area contributed by atoms with Gasteiger partial charge in [0.05, 0.1) is 17.3 Å². The molecule has 1 aromatic carbocycles. The third kappa shape index (κ3) is 2.56. The topological polar surface area (TPSA) is 36.1 Å². The van der Waals surface area contributed by atoms with E-state index in [4.69, 9.17) is 5.26 Å². The minimum atomic E-state index is 0.658. The lowest BCUT2D eigenvalue weighted by molar-refractivity contribution is 1.46. The van der Waals surface area contributed by atoms with Crippen molar-refractivity contribution in [1.82, 2.24) is 0 Å². The summed E-state index contributed by atoms with van der Waals surface area (Å²) in [6, 6.07) is 13.4. The summed E-state index contributed by atoms with van der Waals surface area (Å²) in [5.74, 6) is 0. The van der Waals surface area contributed by atoms with Crippen molar-refractivity contribution in [2.24, 2.45) is 4.99 Å². The first-order valence-corrected chi connectivity index (χ1v) is 5.70. The largest absolute Gasteiger partial charge is 0.255 e. The van der Waals surface area contributed by atoms with Crippen molar-refractivity contribution in [2.45, 2.75) is 6.92 Å². The molecule has 0 radical (unpaired) electrons. The number of nitrogens with zero attached hydrogens (tertiary/aromatic N) is 2. The molecule has 2 aromatic rings. The fraction of sp³-hybridized carbons (Fsp3) is 0.0769. The van der Waals surface area contributed by atoms with Gasteiger partial charge in [-0.2, -0.15) is 5.26 Å². The van der Waals surface area contributed by atoms with Crippen molar-refractivity contribution < 1.29 is 0 Å². The molecule has 0 saturated heterocycles. The van der Waals surface area contributed by atoms with Crippen molar-refractivity contribution in [3.63, 3.8) is 0 Å². The van der Waals surface area contributed by atoms with Crippen LogP contribution in [0.5, 0.6) is 0 Å². The lowest BCUT2D eigenvalue weighted by atomic mass is 10.2. The van der Waals surface area contributed by atoms with Crippen LogP contribution in [0.4, 0.5) is 5.69 Å². The van der Waals surface area contributed by atoms with Gasteiger partial charge in [-0.1, -0.05) is 0 Å². The van der Waals surface area contributed by atoms with Crippen molar-refractivity contribution in [3.05, 3.63) is 51.7 Å². The quantitative estimate of drug-likeness (QED) is 0.719. The molecule has 0 amide bonds. The van der Waals surface area contributed by atoms with Crippen molar-refractivity contribution >= 4 is 23.2 Å². The van der Waals surface area contributed by atoms with Crippen LogP contribution in [0.3, 0.4) is 0 Å². The monoisotopic (exact) mass is 226 g/mol. The Morgan fingerprint density at radius 1 is 1.19 bits per heavy atom. The second-order valence-corrected chi connectivity index (χ2v) is 4.68. The van der Waals surface area contributed by atoms with E-state index in [1.807, 2.05) is 24.4 Å². The highest BCUT2D eigenvalue weighted by Gasteiger charge is 1.93. The van der Waals surface area contributed by atoms with Crippen LogP contribution in [-0.4, -0.2) is 6.21 Å². The SMILES string of the molecule is Cc1ccc(C=Nc2ccc(C#N)cc2)s1. The maximum atomic E-state index is 8.65. The van der Waals surface area contributed by atoms with E-state index in [1.54, 1.807) is 23.5 Å². The molecule has 1 aromatic heterocycles. The highest BCUT2D eigenvalue weighted by atomic mass is 32.1. The zero-order valence-corrected chi connectivity index (χ0v) is 9.66. The molecule has 0 atom stereocenters. The first kappa shape index (κ1) is 10.6. The van der Waals surface area contributed by atoms with Gasteiger partial charge in [0.25, 0.3) is 0 Å². The molecule has 0 N–H and O–H groups in total. The van der Waals surface area contributed by atoms with E-state index < -0.39 is 0 Å². The molecule has 78 valence electrons. The third-order valence-corrected chi connectivity index (χ3v) is 3.03. The molecular formula is C13H10N2S. The number of aliphatic imine (C=N–C) groups is 1. The molecule has 0 bridgehead atoms. The van der Waals surface area contributed by atoms with Gasteiger partial charge in [0.15, 0.2) is 0 Å². The first-order valence-electron chi connectivity index (χ1n) is 4.88. The van der Waals surface area contributed by atoms with Crippen LogP contribution >= 0.6 is 11.3 Å². The van der Waals surface area contributed by atoms with E-state index in [1.165, 1.54) is 4.88 Å². The third-order valence-electron chi connectivity index (χ3n) is 2.10. The Hall–Kier alpha value is -1.92. The van der Waals surface area contributed by atoms with Crippen LogP contribution < -0.4 is 0 Å². The van der Waals surface area contributed by atoms with Gasteiger partial charge >= 0.3 is 0 Å². The fourth-order valence-electron chi connectivity index (χ4n) is 1.28. The Labute approximate surface area is 98.5 Å². The smallest absolute Gasteiger partial charge is 0.0991 e. The van der Waals surface area contributed by atoms with E-state index in [0.29, 0.717) is 5.56 Å². The fourth-order valence-corrected chi connectivity index (χ4v) is 2.03. The summed E-state index contributed by atoms with van der Waals surface area (Å²) < 4.78 is 0. The van der Waals surface area contributed by atoms with Crippen LogP contribution in [0.2, 0.25) is 0 Å². The van der Waals surface area contributed by atoms with Crippen LogP contribution in [0, 0.1) is 18.3 Å². The van der Waals surface area contributed by atoms with E-state index in [-0.39, 0.29) is 0 Å². The van der Waals surface area contributed by atoms with Crippen LogP contribution in [0.1, 0.15) is 15.3 Å². The predicted molar refractivity (Wildman–Crippen MR) is 67.5 cm³/mol. The van der Waals surface area contributed by atoms with E-state index in [2.05, 4.69) is 24.1 Å². The molecule has 0 aliphatic rings. The Morgan fingerprint density at radius 2 is 1.94 bits per heavy atom. The Balaban J connectivity index is 2.15. The molecule has 2 nitrogen and oxygen atoms in total. The number of hydrogen-bond acceptors (Lipinski definition) is 3. The normalized spacial score (nSPS) is 10.5. The van der Waals surface area contributed by atoms with E-state index in [0.717, 1.165) is 10.6 Å². The maximum absolute atomic E-state index is 8.65. The van der Waals surface area contributed by atoms with Crippen LogP contribution in [0.15, 0.2) is 41.4 Å². The van der Waals surface area contributed by atoms with Gasteiger partial charge in [-0.25, -0.2) is 0 Å². The van der Waals surface area contributed by atoms with Gasteiger partial charge < -0.3 is 0 Å². The number of rotatable bonds is 2. The van der Waals surface area contributed by atoms with Gasteiger partial charge in [0, 0.05) is 16.0 Å². The molecule has 16 heavy (non-hydrogen) atoms. The lowest BCUT2D eigenvalue weighted by Crippen LogP contribution is -1.73. The Bertz CT molecular complexity index is 544. The Kier molecular flexibility index (Phi) is 3.13. The summed E-state index contributed by atoms with van der Waals surface area (Å²) in [5.41, 5.74) is 1.52. The van der Waals surface area contributed by atoms with Gasteiger partial charge in [-0.15, -0.1) is 11.3 Å². The second kappa shape index (κ2) is 4.73. The van der Waals surface area contributed by atoms with Crippen LogP contribution in [0.25, 0.3) is 0 Å². The summed E-state index contributed by atoms with van der Waals surface area (Å²) in [7, 11) is 0. The number of benzene rings is 1. The highest BCUT2D eigenvalue weighted by Crippen LogP contribution is 2.16. The average Bonchev–Trinajstić information content (AvgIpc) is 2.73. The predicted octanol–water partition coefficient (Wildman–Crippen LogP) is 3.68. The zero-order valence-electron chi connectivity index (χ0n) is 8.84. The zero-order chi connectivity index (χ0) is 11.4. The number of hydrogen-bond donors (Lipinski definition) is 0. The van der Waals surface area contributed by atoms with E-state index in [9.17, 15) is 0 Å². The molecule has 3 heteroatoms. The average molecular weight is 226 g/mol. The summed E-state index contributed by atoms with van der Waals surface area (Å²) in [5, 5.41) is 8.65. The molecular weight excluding hydrogens is 216 g/mol. The number of thiophene rings is 1. The van der Waals surface area contributed by atoms with Gasteiger partial charge in [-0.05, 0) is 43.3 Å². The molecule has 0 aliphatic carbocycles. The maximum Gasteiger partial charge on any atom is 0.0991 e. The van der Waals surface area contributed by atoms with E-state index >= 15 is 0 Å². The lowest BCUT2D eigenvalue weighted by Gasteiger charge is -1.92. The molecule has 0 spiro atoms. The summed E-state index contributed by atoms with van der Waals surface area (Å²) >= 11 is 1.71. The minimum absolute atomic E-state index is 0.658. The Morgan fingerprint density at radius 3 is 2.50 bits per heavy atom. The van der Waals surface area contributed by atoms with Gasteiger partial charge in [-0.3, -0.25) is 4.99 Å². The molecule has 0 fully saturated rings. The summed E-state index contributed by atoms with van der Waals surface area (Å²) in [4.78, 5) is 6.76. The van der Waals surface area contributed by atoms with Gasteiger partial charge in [0.1, 0.15) is 0 Å². The van der Waals surface area contributed by atoms with Gasteiger partial charge in [0.2, 0.25) is 0 Å². The van der Waals surface area contributed by atoms with Crippen LogP contribution in [-0.2, 0) is 0 Å². The van der Waals surface area contributed by atoms with Crippen molar-refractivity contribution in [3.8, 4) is 6.07 Å². The highest BCUT2D eigenvalue weighted by molar-refractivity contribution is 7.13. The summed E-state index contributed by atoms with van der Waals surface area (Å²) in [6.07, 6.45) is 1.85. The molecule has 1 heterocycles. The first-order chi connectivity index (χ1) is 7.78. The number of nitriles is 1. The molecule has 0 unspecified atom stereocenters. The second-order valence-electron chi connectivity index (χ2n) is 3.37. The summed E-state index contributed by atoms with van der Waals surface area (Å²) in [6.45, 7) is 2.07. The van der Waals surface area contributed by atoms with Crippen molar-refractivity contribution in [1.29, 1.82) is 5.26 Å².